The van der Waals surface area contributed by atoms with Crippen molar-refractivity contribution in [2.75, 3.05) is 31.6 Å². The summed E-state index contributed by atoms with van der Waals surface area (Å²) in [5, 5.41) is 15.4. The molecule has 0 spiro atoms. The molecule has 2 amide bonds. The lowest BCUT2D eigenvalue weighted by molar-refractivity contribution is -0.147. The van der Waals surface area contributed by atoms with Crippen LogP contribution in [0, 0.1) is 0 Å². The van der Waals surface area contributed by atoms with Gasteiger partial charge in [-0.05, 0) is 22.3 Å². The minimum atomic E-state index is -1.06. The van der Waals surface area contributed by atoms with Crippen LogP contribution in [0.2, 0.25) is 0 Å². The third kappa shape index (κ3) is 4.35. The summed E-state index contributed by atoms with van der Waals surface area (Å²) in [6.45, 7) is 0.272. The number of nitrogens with one attached hydrogen (secondary N) is 1. The van der Waals surface area contributed by atoms with Gasteiger partial charge in [0.15, 0.2) is 0 Å². The molecule has 2 heterocycles. The number of carboxylic acid groups (broad SMARTS) is 1. The van der Waals surface area contributed by atoms with Crippen molar-refractivity contribution in [1.29, 1.82) is 0 Å². The minimum absolute atomic E-state index is 0.0769. The van der Waals surface area contributed by atoms with Crippen LogP contribution >= 0.6 is 0 Å². The van der Waals surface area contributed by atoms with E-state index < -0.39 is 18.7 Å². The number of benzene rings is 2. The van der Waals surface area contributed by atoms with Crippen LogP contribution in [-0.4, -0.2) is 70.2 Å². The molecule has 0 unspecified atom stereocenters. The maximum atomic E-state index is 12.9. The van der Waals surface area contributed by atoms with E-state index >= 15 is 0 Å². The van der Waals surface area contributed by atoms with Crippen molar-refractivity contribution in [3.05, 3.63) is 71.5 Å². The van der Waals surface area contributed by atoms with Gasteiger partial charge in [0.2, 0.25) is 0 Å². The van der Waals surface area contributed by atoms with Gasteiger partial charge in [0, 0.05) is 26.1 Å². The van der Waals surface area contributed by atoms with E-state index in [1.165, 1.54) is 15.8 Å². The van der Waals surface area contributed by atoms with Gasteiger partial charge >= 0.3 is 12.1 Å². The largest absolute Gasteiger partial charge is 0.480 e. The van der Waals surface area contributed by atoms with Gasteiger partial charge in [0.05, 0.1) is 18.0 Å². The molecule has 1 aliphatic heterocycles. The highest BCUT2D eigenvalue weighted by Crippen LogP contribution is 2.44. The number of amides is 2. The smallest absolute Gasteiger partial charge is 0.411 e. The van der Waals surface area contributed by atoms with E-state index in [2.05, 4.69) is 22.5 Å². The molecule has 1 aromatic heterocycles. The van der Waals surface area contributed by atoms with Gasteiger partial charge in [0.1, 0.15) is 18.9 Å². The number of likely N-dealkylation sites (tertiary alicyclic amines) is 1. The van der Waals surface area contributed by atoms with Crippen molar-refractivity contribution < 1.29 is 29.0 Å². The highest BCUT2D eigenvalue weighted by molar-refractivity contribution is 6.01. The van der Waals surface area contributed by atoms with Crippen LogP contribution in [0.3, 0.4) is 0 Å². The van der Waals surface area contributed by atoms with Crippen molar-refractivity contribution in [2.24, 2.45) is 7.05 Å². The highest BCUT2D eigenvalue weighted by Gasteiger charge is 2.35. The number of carboxylic acids is 1. The first-order valence-electron chi connectivity index (χ1n) is 11.2. The van der Waals surface area contributed by atoms with Gasteiger partial charge in [-0.15, -0.1) is 0 Å². The zero-order valence-electron chi connectivity index (χ0n) is 19.0. The molecule has 0 saturated carbocycles. The number of nitrogens with zero attached hydrogens (tertiary/aromatic N) is 3. The quantitative estimate of drug-likeness (QED) is 0.537. The lowest BCUT2D eigenvalue weighted by Crippen LogP contribution is -2.55. The number of carbonyl (C=O) groups is 3. The van der Waals surface area contributed by atoms with Gasteiger partial charge in [-0.1, -0.05) is 48.5 Å². The molecule has 1 aliphatic carbocycles. The molecule has 0 atom stereocenters. The lowest BCUT2D eigenvalue weighted by atomic mass is 9.98. The lowest BCUT2D eigenvalue weighted by Gasteiger charge is -2.38. The number of carbonyl (C=O) groups excluding carboxylic acids is 2. The Hall–Kier alpha value is -4.18. The molecule has 0 radical (unpaired) electrons. The van der Waals surface area contributed by atoms with Gasteiger partial charge in [-0.2, -0.15) is 5.10 Å². The number of hydrogen-bond donors (Lipinski definition) is 2. The molecular weight excluding hydrogens is 452 g/mol. The van der Waals surface area contributed by atoms with E-state index in [0.29, 0.717) is 0 Å². The fourth-order valence-corrected chi connectivity index (χ4v) is 4.58. The maximum Gasteiger partial charge on any atom is 0.411 e. The molecule has 1 fully saturated rings. The monoisotopic (exact) mass is 476 g/mol. The second kappa shape index (κ2) is 9.22. The Balaban J connectivity index is 1.22. The first-order chi connectivity index (χ1) is 16.9. The standard InChI is InChI=1S/C25H24N4O6/c1-28-23(24(32)29-11-15(12-29)34-14-22(30)31)21(10-26-28)27-25(33)35-13-20-18-8-4-2-6-16(18)17-7-3-5-9-19(17)20/h2-10,15,20H,11-14H2,1H3,(H,27,33)(H,30,31). The van der Waals surface area contributed by atoms with Crippen LogP contribution in [0.5, 0.6) is 0 Å². The van der Waals surface area contributed by atoms with Crippen LogP contribution in [0.15, 0.2) is 54.7 Å². The zero-order valence-corrected chi connectivity index (χ0v) is 19.0. The molecule has 1 saturated heterocycles. The Bertz CT molecular complexity index is 1250. The summed E-state index contributed by atoms with van der Waals surface area (Å²) in [5.74, 6) is -1.47. The average Bonchev–Trinajstić information content (AvgIpc) is 3.33. The van der Waals surface area contributed by atoms with Crippen LogP contribution in [0.25, 0.3) is 11.1 Å². The van der Waals surface area contributed by atoms with E-state index in [1.807, 2.05) is 36.4 Å². The van der Waals surface area contributed by atoms with Crippen LogP contribution < -0.4 is 5.32 Å². The van der Waals surface area contributed by atoms with Crippen LogP contribution in [-0.2, 0) is 21.3 Å². The van der Waals surface area contributed by atoms with Gasteiger partial charge in [-0.3, -0.25) is 14.8 Å². The molecule has 35 heavy (non-hydrogen) atoms. The number of anilines is 1. The van der Waals surface area contributed by atoms with Crippen LogP contribution in [0.1, 0.15) is 27.5 Å². The molecule has 5 rings (SSSR count). The third-order valence-electron chi connectivity index (χ3n) is 6.30. The summed E-state index contributed by atoms with van der Waals surface area (Å²) in [6.07, 6.45) is 0.384. The number of rotatable bonds is 7. The normalized spacial score (nSPS) is 14.7. The van der Waals surface area contributed by atoms with Crippen molar-refractivity contribution in [3.63, 3.8) is 0 Å². The Morgan fingerprint density at radius 3 is 2.31 bits per heavy atom. The van der Waals surface area contributed by atoms with Gasteiger partial charge in [-0.25, -0.2) is 9.59 Å². The van der Waals surface area contributed by atoms with E-state index in [9.17, 15) is 14.4 Å². The summed E-state index contributed by atoms with van der Waals surface area (Å²) in [5.41, 5.74) is 4.93. The number of aryl methyl sites for hydroxylation is 1. The molecule has 2 aromatic carbocycles. The molecule has 10 nitrogen and oxygen atoms in total. The number of aromatic nitrogens is 2. The summed E-state index contributed by atoms with van der Waals surface area (Å²) >= 11 is 0. The highest BCUT2D eigenvalue weighted by atomic mass is 16.5. The first kappa shape index (κ1) is 22.6. The van der Waals surface area contributed by atoms with E-state index in [-0.39, 0.29) is 49.0 Å². The van der Waals surface area contributed by atoms with E-state index in [1.54, 1.807) is 7.05 Å². The topological polar surface area (TPSA) is 123 Å². The number of fused-ring (bicyclic) bond motifs is 3. The number of aliphatic carboxylic acids is 1. The molecular formula is C25H24N4O6. The fourth-order valence-electron chi connectivity index (χ4n) is 4.58. The Morgan fingerprint density at radius 2 is 1.69 bits per heavy atom. The Kier molecular flexibility index (Phi) is 5.96. The summed E-state index contributed by atoms with van der Waals surface area (Å²) < 4.78 is 12.1. The van der Waals surface area contributed by atoms with E-state index in [0.717, 1.165) is 22.3 Å². The molecule has 2 aliphatic rings. The second-order valence-electron chi connectivity index (χ2n) is 8.52. The van der Waals surface area contributed by atoms with Gasteiger partial charge in [0.25, 0.3) is 5.91 Å². The predicted octanol–water partition coefficient (Wildman–Crippen LogP) is 2.71. The average molecular weight is 476 g/mol. The third-order valence-corrected chi connectivity index (χ3v) is 6.30. The second-order valence-corrected chi connectivity index (χ2v) is 8.52. The predicted molar refractivity (Wildman–Crippen MR) is 125 cm³/mol. The summed E-state index contributed by atoms with van der Waals surface area (Å²) in [6, 6.07) is 16.1. The number of hydrogen-bond acceptors (Lipinski definition) is 6. The SMILES string of the molecule is Cn1ncc(NC(=O)OCC2c3ccccc3-c3ccccc32)c1C(=O)N1CC(OCC(=O)O)C1. The summed E-state index contributed by atoms with van der Waals surface area (Å²) in [4.78, 5) is 37.7. The van der Waals surface area contributed by atoms with E-state index in [4.69, 9.17) is 14.6 Å². The zero-order chi connectivity index (χ0) is 24.5. The molecule has 2 N–H and O–H groups in total. The Labute approximate surface area is 201 Å². The fraction of sp³-hybridized carbons (Fsp3) is 0.280. The molecule has 0 bridgehead atoms. The van der Waals surface area contributed by atoms with Crippen molar-refractivity contribution in [2.45, 2.75) is 12.0 Å². The van der Waals surface area contributed by atoms with Crippen LogP contribution in [0.4, 0.5) is 10.5 Å². The van der Waals surface area contributed by atoms with Crippen molar-refractivity contribution in [1.82, 2.24) is 14.7 Å². The molecule has 180 valence electrons. The Morgan fingerprint density at radius 1 is 1.06 bits per heavy atom. The summed E-state index contributed by atoms with van der Waals surface area (Å²) in [7, 11) is 1.61. The molecule has 10 heteroatoms. The maximum absolute atomic E-state index is 12.9. The van der Waals surface area contributed by atoms with Gasteiger partial charge < -0.3 is 19.5 Å². The minimum Gasteiger partial charge on any atom is -0.480 e. The van der Waals surface area contributed by atoms with Crippen molar-refractivity contribution in [3.8, 4) is 11.1 Å². The van der Waals surface area contributed by atoms with Crippen molar-refractivity contribution >= 4 is 23.7 Å². The number of ether oxygens (including phenoxy) is 2. The molecule has 3 aromatic rings. The first-order valence-corrected chi connectivity index (χ1v) is 11.2.